The molecule has 1 unspecified atom stereocenters. The highest BCUT2D eigenvalue weighted by atomic mass is 16.5. The lowest BCUT2D eigenvalue weighted by molar-refractivity contribution is 0.223. The lowest BCUT2D eigenvalue weighted by Gasteiger charge is -2.18. The number of hydrogen-bond donors (Lipinski definition) is 0. The molecule has 5 nitrogen and oxygen atoms in total. The van der Waals surface area contributed by atoms with E-state index in [1.807, 2.05) is 32.3 Å². The van der Waals surface area contributed by atoms with Crippen LogP contribution in [0.15, 0.2) is 30.9 Å². The lowest BCUT2D eigenvalue weighted by atomic mass is 10.2. The van der Waals surface area contributed by atoms with Gasteiger partial charge in [0, 0.05) is 37.1 Å². The molecular formula is C15H18N4O. The Morgan fingerprint density at radius 2 is 2.10 bits per heavy atom. The molecule has 0 aromatic carbocycles. The second-order valence-electron chi connectivity index (χ2n) is 5.13. The average molecular weight is 270 g/mol. The van der Waals surface area contributed by atoms with E-state index in [1.165, 1.54) is 0 Å². The molecule has 0 bridgehead atoms. The summed E-state index contributed by atoms with van der Waals surface area (Å²) in [6.07, 6.45) is 8.37. The Hall–Kier alpha value is -2.17. The van der Waals surface area contributed by atoms with Gasteiger partial charge in [0.25, 0.3) is 0 Å². The first kappa shape index (κ1) is 12.8. The van der Waals surface area contributed by atoms with Gasteiger partial charge in [-0.05, 0) is 19.9 Å². The molecule has 5 heteroatoms. The summed E-state index contributed by atoms with van der Waals surface area (Å²) >= 11 is 0. The van der Waals surface area contributed by atoms with Gasteiger partial charge in [0.05, 0.1) is 18.4 Å². The SMILES string of the molecule is Cc1cncc(N2CCC(Oc3ccncc3C)C2)n1. The first-order chi connectivity index (χ1) is 9.72. The van der Waals surface area contributed by atoms with Gasteiger partial charge >= 0.3 is 0 Å². The molecule has 3 rings (SSSR count). The van der Waals surface area contributed by atoms with E-state index in [9.17, 15) is 0 Å². The zero-order chi connectivity index (χ0) is 13.9. The summed E-state index contributed by atoms with van der Waals surface area (Å²) in [4.78, 5) is 15.0. The number of anilines is 1. The van der Waals surface area contributed by atoms with Crippen LogP contribution in [0.3, 0.4) is 0 Å². The minimum atomic E-state index is 0.193. The van der Waals surface area contributed by atoms with Crippen molar-refractivity contribution in [3.8, 4) is 5.75 Å². The van der Waals surface area contributed by atoms with Gasteiger partial charge in [-0.25, -0.2) is 4.98 Å². The standard InChI is InChI=1S/C15H18N4O/c1-11-7-16-5-3-14(11)20-13-4-6-19(10-13)15-9-17-8-12(2)18-15/h3,5,7-9,13H,4,6,10H2,1-2H3. The van der Waals surface area contributed by atoms with Crippen molar-refractivity contribution in [2.24, 2.45) is 0 Å². The zero-order valence-electron chi connectivity index (χ0n) is 11.8. The Kier molecular flexibility index (Phi) is 3.50. The topological polar surface area (TPSA) is 51.1 Å². The van der Waals surface area contributed by atoms with Gasteiger partial charge in [-0.1, -0.05) is 0 Å². The first-order valence-corrected chi connectivity index (χ1v) is 6.83. The number of nitrogens with zero attached hydrogens (tertiary/aromatic N) is 4. The van der Waals surface area contributed by atoms with Gasteiger partial charge in [-0.15, -0.1) is 0 Å². The van der Waals surface area contributed by atoms with Crippen LogP contribution >= 0.6 is 0 Å². The van der Waals surface area contributed by atoms with E-state index in [-0.39, 0.29) is 6.10 Å². The molecule has 0 amide bonds. The maximum absolute atomic E-state index is 6.06. The van der Waals surface area contributed by atoms with Gasteiger partial charge in [0.1, 0.15) is 17.7 Å². The molecule has 1 saturated heterocycles. The molecule has 20 heavy (non-hydrogen) atoms. The van der Waals surface area contributed by atoms with Crippen molar-refractivity contribution < 1.29 is 4.74 Å². The van der Waals surface area contributed by atoms with Crippen molar-refractivity contribution in [2.75, 3.05) is 18.0 Å². The molecule has 1 aliphatic heterocycles. The molecule has 1 fully saturated rings. The molecule has 0 aliphatic carbocycles. The third-order valence-electron chi connectivity index (χ3n) is 3.47. The maximum Gasteiger partial charge on any atom is 0.147 e. The molecule has 1 atom stereocenters. The second kappa shape index (κ2) is 5.45. The quantitative estimate of drug-likeness (QED) is 0.855. The summed E-state index contributed by atoms with van der Waals surface area (Å²) in [5, 5.41) is 0. The van der Waals surface area contributed by atoms with Crippen LogP contribution < -0.4 is 9.64 Å². The van der Waals surface area contributed by atoms with Crippen LogP contribution in [0.1, 0.15) is 17.7 Å². The first-order valence-electron chi connectivity index (χ1n) is 6.83. The normalized spacial score (nSPS) is 18.3. The van der Waals surface area contributed by atoms with Crippen molar-refractivity contribution in [1.82, 2.24) is 15.0 Å². The van der Waals surface area contributed by atoms with Crippen LogP contribution in [0.25, 0.3) is 0 Å². The number of aromatic nitrogens is 3. The molecule has 0 saturated carbocycles. The third-order valence-corrected chi connectivity index (χ3v) is 3.47. The summed E-state index contributed by atoms with van der Waals surface area (Å²) in [7, 11) is 0. The fourth-order valence-electron chi connectivity index (χ4n) is 2.41. The van der Waals surface area contributed by atoms with Crippen LogP contribution in [-0.4, -0.2) is 34.1 Å². The van der Waals surface area contributed by atoms with E-state index in [4.69, 9.17) is 4.74 Å². The molecule has 2 aromatic heterocycles. The second-order valence-corrected chi connectivity index (χ2v) is 5.13. The minimum Gasteiger partial charge on any atom is -0.488 e. The fraction of sp³-hybridized carbons (Fsp3) is 0.400. The van der Waals surface area contributed by atoms with Crippen molar-refractivity contribution >= 4 is 5.82 Å². The number of rotatable bonds is 3. The summed E-state index contributed by atoms with van der Waals surface area (Å²) in [6, 6.07) is 1.92. The lowest BCUT2D eigenvalue weighted by Crippen LogP contribution is -2.25. The van der Waals surface area contributed by atoms with Crippen LogP contribution in [0.2, 0.25) is 0 Å². The Morgan fingerprint density at radius 1 is 1.20 bits per heavy atom. The smallest absolute Gasteiger partial charge is 0.147 e. The number of aryl methyl sites for hydroxylation is 2. The Morgan fingerprint density at radius 3 is 2.90 bits per heavy atom. The van der Waals surface area contributed by atoms with E-state index in [2.05, 4.69) is 19.9 Å². The molecule has 0 spiro atoms. The van der Waals surface area contributed by atoms with E-state index >= 15 is 0 Å². The van der Waals surface area contributed by atoms with E-state index in [1.54, 1.807) is 12.4 Å². The molecule has 104 valence electrons. The number of ether oxygens (including phenoxy) is 1. The average Bonchev–Trinajstić information content (AvgIpc) is 2.90. The summed E-state index contributed by atoms with van der Waals surface area (Å²) < 4.78 is 6.06. The molecular weight excluding hydrogens is 252 g/mol. The van der Waals surface area contributed by atoms with Crippen molar-refractivity contribution in [1.29, 1.82) is 0 Å². The van der Waals surface area contributed by atoms with Gasteiger partial charge < -0.3 is 9.64 Å². The predicted molar refractivity (Wildman–Crippen MR) is 77.0 cm³/mol. The highest BCUT2D eigenvalue weighted by Gasteiger charge is 2.25. The van der Waals surface area contributed by atoms with E-state index < -0.39 is 0 Å². The highest BCUT2D eigenvalue weighted by molar-refractivity contribution is 5.38. The molecule has 3 heterocycles. The Bertz CT molecular complexity index is 602. The monoisotopic (exact) mass is 270 g/mol. The van der Waals surface area contributed by atoms with Crippen molar-refractivity contribution in [3.63, 3.8) is 0 Å². The number of pyridine rings is 1. The van der Waals surface area contributed by atoms with E-state index in [0.29, 0.717) is 0 Å². The summed E-state index contributed by atoms with van der Waals surface area (Å²) in [5.74, 6) is 1.85. The molecule has 0 N–H and O–H groups in total. The fourth-order valence-corrected chi connectivity index (χ4v) is 2.41. The number of hydrogen-bond acceptors (Lipinski definition) is 5. The largest absolute Gasteiger partial charge is 0.488 e. The van der Waals surface area contributed by atoms with Crippen LogP contribution in [0, 0.1) is 13.8 Å². The third kappa shape index (κ3) is 2.71. The van der Waals surface area contributed by atoms with Gasteiger partial charge in [-0.2, -0.15) is 0 Å². The van der Waals surface area contributed by atoms with Gasteiger partial charge in [-0.3, -0.25) is 9.97 Å². The molecule has 1 aliphatic rings. The predicted octanol–water partition coefficient (Wildman–Crippen LogP) is 2.15. The maximum atomic E-state index is 6.06. The zero-order valence-corrected chi connectivity index (χ0v) is 11.8. The van der Waals surface area contributed by atoms with Gasteiger partial charge in [0.15, 0.2) is 0 Å². The van der Waals surface area contributed by atoms with Crippen molar-refractivity contribution in [2.45, 2.75) is 26.4 Å². The van der Waals surface area contributed by atoms with Crippen molar-refractivity contribution in [3.05, 3.63) is 42.1 Å². The minimum absolute atomic E-state index is 0.193. The van der Waals surface area contributed by atoms with E-state index in [0.717, 1.165) is 42.3 Å². The highest BCUT2D eigenvalue weighted by Crippen LogP contribution is 2.23. The van der Waals surface area contributed by atoms with Crippen LogP contribution in [0.5, 0.6) is 5.75 Å². The van der Waals surface area contributed by atoms with Crippen LogP contribution in [-0.2, 0) is 0 Å². The summed E-state index contributed by atoms with van der Waals surface area (Å²) in [5.41, 5.74) is 2.01. The molecule has 0 radical (unpaired) electrons. The van der Waals surface area contributed by atoms with Crippen LogP contribution in [0.4, 0.5) is 5.82 Å². The Labute approximate surface area is 118 Å². The Balaban J connectivity index is 1.67. The summed E-state index contributed by atoms with van der Waals surface area (Å²) in [6.45, 7) is 5.77. The van der Waals surface area contributed by atoms with Gasteiger partial charge in [0.2, 0.25) is 0 Å². The molecule has 2 aromatic rings.